The number of hydrogen-bond donors (Lipinski definition) is 2. The molecule has 1 aromatic carbocycles. The van der Waals surface area contributed by atoms with Crippen molar-refractivity contribution in [2.24, 2.45) is 10.2 Å². The number of nitrogens with two attached hydrogens (primary N) is 1. The summed E-state index contributed by atoms with van der Waals surface area (Å²) in [6, 6.07) is 5.12. The van der Waals surface area contributed by atoms with Crippen LogP contribution in [0.2, 0.25) is 5.15 Å². The highest BCUT2D eigenvalue weighted by Gasteiger charge is 2.07. The van der Waals surface area contributed by atoms with E-state index in [-0.39, 0.29) is 29.0 Å². The fourth-order valence-electron chi connectivity index (χ4n) is 1.48. The van der Waals surface area contributed by atoms with Crippen molar-refractivity contribution in [3.05, 3.63) is 35.2 Å². The van der Waals surface area contributed by atoms with E-state index in [1.165, 1.54) is 13.4 Å². The van der Waals surface area contributed by atoms with Gasteiger partial charge in [-0.2, -0.15) is 5.11 Å². The van der Waals surface area contributed by atoms with Gasteiger partial charge in [-0.3, -0.25) is 0 Å². The molecule has 0 amide bonds. The summed E-state index contributed by atoms with van der Waals surface area (Å²) in [6.07, 6.45) is 1.25. The minimum atomic E-state index is 0.0302. The molecule has 3 N–H and O–H groups in total. The first-order chi connectivity index (χ1) is 9.63. The SMILES string of the molecule is COc1cccc(CN=Nc2ncnc(Cl)c2N)c1O. The molecule has 104 valence electrons. The highest BCUT2D eigenvalue weighted by atomic mass is 35.5. The summed E-state index contributed by atoms with van der Waals surface area (Å²) in [5.74, 6) is 0.595. The molecule has 2 aromatic rings. The van der Waals surface area contributed by atoms with E-state index < -0.39 is 0 Å². The maximum atomic E-state index is 9.89. The van der Waals surface area contributed by atoms with Crippen LogP contribution in [-0.4, -0.2) is 22.2 Å². The third kappa shape index (κ3) is 2.94. The van der Waals surface area contributed by atoms with Gasteiger partial charge in [0.1, 0.15) is 12.0 Å². The first-order valence-electron chi connectivity index (χ1n) is 5.61. The smallest absolute Gasteiger partial charge is 0.201 e. The van der Waals surface area contributed by atoms with Gasteiger partial charge >= 0.3 is 0 Å². The van der Waals surface area contributed by atoms with Gasteiger partial charge in [0.15, 0.2) is 16.7 Å². The molecule has 1 heterocycles. The summed E-state index contributed by atoms with van der Waals surface area (Å²) in [4.78, 5) is 7.57. The lowest BCUT2D eigenvalue weighted by Gasteiger charge is -2.06. The van der Waals surface area contributed by atoms with Gasteiger partial charge in [-0.25, -0.2) is 9.97 Å². The first-order valence-corrected chi connectivity index (χ1v) is 5.99. The second-order valence-electron chi connectivity index (χ2n) is 3.77. The Bertz CT molecular complexity index is 648. The monoisotopic (exact) mass is 293 g/mol. The molecule has 0 bridgehead atoms. The Labute approximate surface area is 120 Å². The van der Waals surface area contributed by atoms with Gasteiger partial charge in [-0.15, -0.1) is 5.11 Å². The molecule has 0 saturated carbocycles. The zero-order valence-corrected chi connectivity index (χ0v) is 11.4. The zero-order valence-electron chi connectivity index (χ0n) is 10.6. The van der Waals surface area contributed by atoms with Crippen LogP contribution >= 0.6 is 11.6 Å². The second-order valence-corrected chi connectivity index (χ2v) is 4.13. The Kier molecular flexibility index (Phi) is 4.31. The Morgan fingerprint density at radius 2 is 2.20 bits per heavy atom. The number of benzene rings is 1. The molecule has 7 nitrogen and oxygen atoms in total. The molecule has 0 radical (unpaired) electrons. The summed E-state index contributed by atoms with van der Waals surface area (Å²) < 4.78 is 5.00. The number of halogens is 1. The van der Waals surface area contributed by atoms with E-state index in [9.17, 15) is 5.11 Å². The molecule has 8 heteroatoms. The molecule has 20 heavy (non-hydrogen) atoms. The lowest BCUT2D eigenvalue weighted by atomic mass is 10.2. The van der Waals surface area contributed by atoms with E-state index in [4.69, 9.17) is 22.1 Å². The topological polar surface area (TPSA) is 106 Å². The van der Waals surface area contributed by atoms with Crippen molar-refractivity contribution in [2.75, 3.05) is 12.8 Å². The highest BCUT2D eigenvalue weighted by molar-refractivity contribution is 6.32. The number of phenolic OH excluding ortho intramolecular Hbond substituents is 1. The fourth-order valence-corrected chi connectivity index (χ4v) is 1.61. The highest BCUT2D eigenvalue weighted by Crippen LogP contribution is 2.30. The standard InChI is InChI=1S/C12H12ClN5O2/c1-20-8-4-2-3-7(10(8)19)5-17-18-12-9(14)11(13)15-6-16-12/h2-4,6,19H,5,14H2,1H3. The quantitative estimate of drug-likeness (QED) is 0.666. The number of phenols is 1. The normalized spacial score (nSPS) is 10.9. The fraction of sp³-hybridized carbons (Fsp3) is 0.167. The molecule has 0 unspecified atom stereocenters. The summed E-state index contributed by atoms with van der Waals surface area (Å²) in [6.45, 7) is 0.157. The summed E-state index contributed by atoms with van der Waals surface area (Å²) in [5, 5.41) is 17.8. The Morgan fingerprint density at radius 1 is 1.40 bits per heavy atom. The molecule has 1 aromatic heterocycles. The number of rotatable bonds is 4. The molecule has 0 aliphatic carbocycles. The molecule has 2 rings (SSSR count). The average Bonchev–Trinajstić information content (AvgIpc) is 2.45. The van der Waals surface area contributed by atoms with Crippen LogP contribution in [0.15, 0.2) is 34.8 Å². The molecule has 0 atom stereocenters. The summed E-state index contributed by atoms with van der Waals surface area (Å²) >= 11 is 5.74. The molecule has 0 aliphatic heterocycles. The van der Waals surface area contributed by atoms with Crippen LogP contribution in [0.1, 0.15) is 5.56 Å². The van der Waals surface area contributed by atoms with Crippen molar-refractivity contribution < 1.29 is 9.84 Å². The van der Waals surface area contributed by atoms with E-state index in [1.54, 1.807) is 18.2 Å². The lowest BCUT2D eigenvalue weighted by Crippen LogP contribution is -1.92. The van der Waals surface area contributed by atoms with Gasteiger partial charge in [-0.05, 0) is 6.07 Å². The number of ether oxygens (including phenoxy) is 1. The number of para-hydroxylation sites is 1. The number of aromatic hydroxyl groups is 1. The largest absolute Gasteiger partial charge is 0.504 e. The third-order valence-electron chi connectivity index (χ3n) is 2.52. The molecule has 0 spiro atoms. The van der Waals surface area contributed by atoms with E-state index >= 15 is 0 Å². The molecular formula is C12H12ClN5O2. The van der Waals surface area contributed by atoms with Crippen LogP contribution in [-0.2, 0) is 6.54 Å². The van der Waals surface area contributed by atoms with E-state index in [0.717, 1.165) is 0 Å². The van der Waals surface area contributed by atoms with Crippen molar-refractivity contribution in [3.8, 4) is 11.5 Å². The van der Waals surface area contributed by atoms with Gasteiger partial charge in [0.25, 0.3) is 0 Å². The Balaban J connectivity index is 2.16. The molecular weight excluding hydrogens is 282 g/mol. The summed E-state index contributed by atoms with van der Waals surface area (Å²) in [5.41, 5.74) is 6.39. The van der Waals surface area contributed by atoms with Gasteiger partial charge in [-0.1, -0.05) is 23.7 Å². The van der Waals surface area contributed by atoms with Gasteiger partial charge < -0.3 is 15.6 Å². The van der Waals surface area contributed by atoms with Crippen LogP contribution < -0.4 is 10.5 Å². The zero-order chi connectivity index (χ0) is 14.5. The number of aromatic nitrogens is 2. The minimum Gasteiger partial charge on any atom is -0.504 e. The maximum absolute atomic E-state index is 9.89. The van der Waals surface area contributed by atoms with E-state index in [2.05, 4.69) is 20.2 Å². The number of nitrogen functional groups attached to an aromatic ring is 1. The Morgan fingerprint density at radius 3 is 2.95 bits per heavy atom. The van der Waals surface area contributed by atoms with Crippen LogP contribution in [0, 0.1) is 0 Å². The second kappa shape index (κ2) is 6.16. The molecule has 0 fully saturated rings. The van der Waals surface area contributed by atoms with Crippen molar-refractivity contribution in [3.63, 3.8) is 0 Å². The maximum Gasteiger partial charge on any atom is 0.201 e. The molecule has 0 saturated heterocycles. The number of hydrogen-bond acceptors (Lipinski definition) is 7. The van der Waals surface area contributed by atoms with Crippen molar-refractivity contribution in [1.29, 1.82) is 0 Å². The number of anilines is 1. The van der Waals surface area contributed by atoms with Crippen molar-refractivity contribution >= 4 is 23.1 Å². The average molecular weight is 294 g/mol. The minimum absolute atomic E-state index is 0.0302. The number of azo groups is 1. The van der Waals surface area contributed by atoms with Gasteiger partial charge in [0.2, 0.25) is 5.82 Å². The van der Waals surface area contributed by atoms with Gasteiger partial charge in [0, 0.05) is 5.56 Å². The van der Waals surface area contributed by atoms with Crippen LogP contribution in [0.3, 0.4) is 0 Å². The first kappa shape index (κ1) is 14.0. The Hall–Kier alpha value is -2.41. The van der Waals surface area contributed by atoms with Crippen LogP contribution in [0.25, 0.3) is 0 Å². The van der Waals surface area contributed by atoms with Crippen molar-refractivity contribution in [2.45, 2.75) is 6.54 Å². The van der Waals surface area contributed by atoms with Crippen LogP contribution in [0.5, 0.6) is 11.5 Å². The van der Waals surface area contributed by atoms with Crippen molar-refractivity contribution in [1.82, 2.24) is 9.97 Å². The number of nitrogens with zero attached hydrogens (tertiary/aromatic N) is 4. The third-order valence-corrected chi connectivity index (χ3v) is 2.82. The molecule has 0 aliphatic rings. The van der Waals surface area contributed by atoms with Gasteiger partial charge in [0.05, 0.1) is 13.7 Å². The van der Waals surface area contributed by atoms with E-state index in [1.807, 2.05) is 0 Å². The summed E-state index contributed by atoms with van der Waals surface area (Å²) in [7, 11) is 1.48. The van der Waals surface area contributed by atoms with Crippen LogP contribution in [0.4, 0.5) is 11.5 Å². The predicted octanol–water partition coefficient (Wildman–Crippen LogP) is 2.71. The lowest BCUT2D eigenvalue weighted by molar-refractivity contribution is 0.370. The number of methoxy groups -OCH3 is 1. The predicted molar refractivity (Wildman–Crippen MR) is 74.3 cm³/mol. The van der Waals surface area contributed by atoms with E-state index in [0.29, 0.717) is 11.3 Å².